The summed E-state index contributed by atoms with van der Waals surface area (Å²) in [4.78, 5) is 10.7. The Labute approximate surface area is 300 Å². The number of rotatable bonds is 8. The van der Waals surface area contributed by atoms with Gasteiger partial charge in [-0.15, -0.1) is 0 Å². The zero-order chi connectivity index (χ0) is 32.9. The van der Waals surface area contributed by atoms with E-state index < -0.39 is 7.92 Å². The van der Waals surface area contributed by atoms with E-state index in [0.29, 0.717) is 10.3 Å². The summed E-state index contributed by atoms with van der Waals surface area (Å²) in [5.74, 6) is 6.17. The molecule has 254 valence electrons. The first-order chi connectivity index (χ1) is 24.6. The molecule has 0 spiro atoms. The van der Waals surface area contributed by atoms with E-state index in [1.54, 1.807) is 88.2 Å². The second-order valence-corrected chi connectivity index (χ2v) is 23.1. The maximum atomic E-state index is 5.37. The van der Waals surface area contributed by atoms with Crippen LogP contribution in [0.5, 0.6) is 0 Å². The molecule has 0 radical (unpaired) electrons. The summed E-state index contributed by atoms with van der Waals surface area (Å²) in [6.07, 6.45) is 21.2. The number of pyridine rings is 2. The van der Waals surface area contributed by atoms with E-state index >= 15 is 0 Å². The molecule has 8 bridgehead atoms. The van der Waals surface area contributed by atoms with Crippen LogP contribution in [0.25, 0.3) is 21.8 Å². The maximum Gasteiger partial charge on any atom is 0.0709 e. The SMILES string of the molecule is c1ccc(CP(C23CC4CC(CC(C4)C2)C3)C23CC4CC(CC(C4)C2)C3)c(CP(c2ccc3ccccc3n2)c2ccc3ccccc3n2)c1. The Morgan fingerprint density at radius 3 is 1.26 bits per heavy atom. The van der Waals surface area contributed by atoms with Gasteiger partial charge in [0.25, 0.3) is 0 Å². The summed E-state index contributed by atoms with van der Waals surface area (Å²) in [6.45, 7) is 0. The topological polar surface area (TPSA) is 25.8 Å². The summed E-state index contributed by atoms with van der Waals surface area (Å²) in [5, 5.41) is 3.73. The van der Waals surface area contributed by atoms with Gasteiger partial charge >= 0.3 is 0 Å². The van der Waals surface area contributed by atoms with Gasteiger partial charge in [0.1, 0.15) is 0 Å². The Bertz CT molecular complexity index is 1890. The molecule has 8 aliphatic carbocycles. The minimum absolute atomic E-state index is 0.106. The van der Waals surface area contributed by atoms with Crippen LogP contribution in [0.1, 0.15) is 88.2 Å². The molecule has 3 aromatic carbocycles. The molecule has 8 fully saturated rings. The lowest BCUT2D eigenvalue weighted by Gasteiger charge is -2.67. The summed E-state index contributed by atoms with van der Waals surface area (Å²) in [5.41, 5.74) is 7.86. The average Bonchev–Trinajstić information content (AvgIpc) is 3.12. The summed E-state index contributed by atoms with van der Waals surface area (Å²) >= 11 is 0. The lowest BCUT2D eigenvalue weighted by molar-refractivity contribution is 0.0184. The molecule has 0 saturated heterocycles. The first-order valence-electron chi connectivity index (χ1n) is 19.9. The molecule has 13 rings (SSSR count). The van der Waals surface area contributed by atoms with Gasteiger partial charge < -0.3 is 0 Å². The van der Waals surface area contributed by atoms with Crippen molar-refractivity contribution in [2.24, 2.45) is 35.5 Å². The quantitative estimate of drug-likeness (QED) is 0.151. The van der Waals surface area contributed by atoms with Crippen molar-refractivity contribution in [2.45, 2.75) is 99.7 Å². The highest BCUT2D eigenvalue weighted by atomic mass is 31.1. The van der Waals surface area contributed by atoms with E-state index in [-0.39, 0.29) is 7.92 Å². The minimum atomic E-state index is -0.784. The van der Waals surface area contributed by atoms with Gasteiger partial charge in [-0.3, -0.25) is 0 Å². The van der Waals surface area contributed by atoms with E-state index in [1.165, 1.54) is 27.8 Å². The van der Waals surface area contributed by atoms with Gasteiger partial charge in [-0.2, -0.15) is 0 Å². The maximum absolute atomic E-state index is 5.37. The smallest absolute Gasteiger partial charge is 0.0709 e. The molecule has 2 nitrogen and oxygen atoms in total. The number of benzene rings is 3. The third-order valence-electron chi connectivity index (χ3n) is 14.7. The van der Waals surface area contributed by atoms with Crippen LogP contribution in [0.3, 0.4) is 0 Å². The second-order valence-electron chi connectivity index (χ2n) is 17.9. The zero-order valence-corrected chi connectivity index (χ0v) is 31.2. The van der Waals surface area contributed by atoms with E-state index in [4.69, 9.17) is 9.97 Å². The van der Waals surface area contributed by atoms with Crippen LogP contribution in [-0.2, 0) is 12.3 Å². The van der Waals surface area contributed by atoms with Gasteiger partial charge in [-0.1, -0.05) is 80.7 Å². The molecule has 5 aromatic rings. The Kier molecular flexibility index (Phi) is 7.38. The minimum Gasteiger partial charge on any atom is -0.248 e. The van der Waals surface area contributed by atoms with Crippen molar-refractivity contribution in [1.29, 1.82) is 0 Å². The van der Waals surface area contributed by atoms with Crippen molar-refractivity contribution in [3.8, 4) is 0 Å². The number of aromatic nitrogens is 2. The Morgan fingerprint density at radius 1 is 0.440 bits per heavy atom. The van der Waals surface area contributed by atoms with Crippen molar-refractivity contribution < 1.29 is 0 Å². The molecule has 8 aliphatic rings. The van der Waals surface area contributed by atoms with Crippen LogP contribution in [-0.4, -0.2) is 20.3 Å². The van der Waals surface area contributed by atoms with Crippen molar-refractivity contribution in [2.75, 3.05) is 0 Å². The van der Waals surface area contributed by atoms with Crippen LogP contribution in [0.15, 0.2) is 97.1 Å². The van der Waals surface area contributed by atoms with E-state index in [1.807, 2.05) is 0 Å². The van der Waals surface area contributed by atoms with Gasteiger partial charge in [-0.25, -0.2) is 9.97 Å². The van der Waals surface area contributed by atoms with Crippen LogP contribution in [0.2, 0.25) is 0 Å². The monoisotopic (exact) mass is 692 g/mol. The van der Waals surface area contributed by atoms with Gasteiger partial charge in [0, 0.05) is 24.9 Å². The molecular weight excluding hydrogens is 642 g/mol. The van der Waals surface area contributed by atoms with Crippen molar-refractivity contribution in [3.05, 3.63) is 108 Å². The van der Waals surface area contributed by atoms with Crippen molar-refractivity contribution >= 4 is 48.5 Å². The first-order valence-corrected chi connectivity index (χ1v) is 23.0. The molecular formula is C46H50N2P2. The van der Waals surface area contributed by atoms with Gasteiger partial charge in [0.05, 0.1) is 21.9 Å². The van der Waals surface area contributed by atoms with Crippen LogP contribution in [0.4, 0.5) is 0 Å². The standard InChI is InChI=1S/C46H50N2P2/c1-2-10-40(30-50(45-23-31-17-32(24-45)19-33(18-31)25-45)46-26-34-20-35(27-46)22-36(21-34)28-46)39(9-1)29-49(43-15-13-37-7-3-5-11-41(37)47-43)44-16-14-38-8-4-6-12-42(38)48-44/h1-16,31-36H,17-30H2. The average molecular weight is 693 g/mol. The van der Waals surface area contributed by atoms with Crippen LogP contribution < -0.4 is 10.9 Å². The van der Waals surface area contributed by atoms with Gasteiger partial charge in [0.2, 0.25) is 0 Å². The Balaban J connectivity index is 1.01. The van der Waals surface area contributed by atoms with E-state index in [9.17, 15) is 0 Å². The molecule has 0 unspecified atom stereocenters. The normalized spacial score (nSPS) is 34.3. The fraction of sp³-hybridized carbons (Fsp3) is 0.478. The second kappa shape index (κ2) is 11.9. The van der Waals surface area contributed by atoms with Crippen LogP contribution >= 0.6 is 15.8 Å². The number of hydrogen-bond donors (Lipinski definition) is 0. The number of nitrogens with zero attached hydrogens (tertiary/aromatic N) is 2. The van der Waals surface area contributed by atoms with Gasteiger partial charge in [-0.05, 0) is 164 Å². The third kappa shape index (κ3) is 5.25. The molecule has 0 atom stereocenters. The molecule has 0 N–H and O–H groups in total. The van der Waals surface area contributed by atoms with Crippen molar-refractivity contribution in [3.63, 3.8) is 0 Å². The first kappa shape index (κ1) is 30.9. The molecule has 4 heteroatoms. The molecule has 8 saturated carbocycles. The van der Waals surface area contributed by atoms with Crippen molar-refractivity contribution in [1.82, 2.24) is 9.97 Å². The van der Waals surface area contributed by atoms with Gasteiger partial charge in [0.15, 0.2) is 0 Å². The number of hydrogen-bond acceptors (Lipinski definition) is 2. The highest BCUT2D eigenvalue weighted by molar-refractivity contribution is 7.71. The summed E-state index contributed by atoms with van der Waals surface area (Å²) in [7, 11) is -0.890. The predicted molar refractivity (Wildman–Crippen MR) is 212 cm³/mol. The zero-order valence-electron chi connectivity index (χ0n) is 29.4. The largest absolute Gasteiger partial charge is 0.248 e. The fourth-order valence-corrected chi connectivity index (χ4v) is 20.9. The third-order valence-corrected chi connectivity index (χ3v) is 21.0. The summed E-state index contributed by atoms with van der Waals surface area (Å²) in [6, 6.07) is 36.2. The predicted octanol–water partition coefficient (Wildman–Crippen LogP) is 11.3. The Morgan fingerprint density at radius 2 is 0.820 bits per heavy atom. The number of fused-ring (bicyclic) bond motifs is 2. The molecule has 2 heterocycles. The van der Waals surface area contributed by atoms with Crippen LogP contribution in [0, 0.1) is 35.5 Å². The lowest BCUT2D eigenvalue weighted by atomic mass is 9.55. The lowest BCUT2D eigenvalue weighted by Crippen LogP contribution is -2.56. The van der Waals surface area contributed by atoms with E-state index in [0.717, 1.165) is 52.7 Å². The highest BCUT2D eigenvalue weighted by Gasteiger charge is 2.62. The molecule has 2 aromatic heterocycles. The van der Waals surface area contributed by atoms with E-state index in [2.05, 4.69) is 97.1 Å². The fourth-order valence-electron chi connectivity index (χ4n) is 13.5. The Hall–Kier alpha value is -2.66. The molecule has 0 amide bonds. The molecule has 50 heavy (non-hydrogen) atoms. The summed E-state index contributed by atoms with van der Waals surface area (Å²) < 4.78 is 0. The molecule has 0 aliphatic heterocycles. The number of para-hydroxylation sites is 2. The highest BCUT2D eigenvalue weighted by Crippen LogP contribution is 2.79.